The molecule has 134 valence electrons. The van der Waals surface area contributed by atoms with Gasteiger partial charge >= 0.3 is 0 Å². The van der Waals surface area contributed by atoms with Crippen molar-refractivity contribution in [1.29, 1.82) is 0 Å². The van der Waals surface area contributed by atoms with Gasteiger partial charge in [0.25, 0.3) is 0 Å². The summed E-state index contributed by atoms with van der Waals surface area (Å²) in [5.74, 6) is 2.02. The zero-order chi connectivity index (χ0) is 17.7. The average molecular weight is 361 g/mol. The molecule has 2 aliphatic carbocycles. The van der Waals surface area contributed by atoms with Gasteiger partial charge in [0.15, 0.2) is 5.82 Å². The van der Waals surface area contributed by atoms with Crippen LogP contribution in [0.4, 0.5) is 0 Å². The molecule has 0 unspecified atom stereocenters. The third-order valence-electron chi connectivity index (χ3n) is 5.39. The van der Waals surface area contributed by atoms with Gasteiger partial charge in [0.1, 0.15) is 0 Å². The van der Waals surface area contributed by atoms with Crippen LogP contribution in [0.25, 0.3) is 0 Å². The SMILES string of the molecule is CC1(C)[C@H](NS(=O)(=O)c2ccccc2)[C@@H]1c1noc(CCC2CC2)n1. The van der Waals surface area contributed by atoms with Crippen molar-refractivity contribution < 1.29 is 12.9 Å². The minimum atomic E-state index is -3.55. The molecule has 1 aromatic carbocycles. The van der Waals surface area contributed by atoms with Gasteiger partial charge in [-0.15, -0.1) is 0 Å². The Balaban J connectivity index is 1.46. The Morgan fingerprint density at radius 3 is 2.64 bits per heavy atom. The third-order valence-corrected chi connectivity index (χ3v) is 6.85. The second-order valence-electron chi connectivity index (χ2n) is 7.74. The van der Waals surface area contributed by atoms with Gasteiger partial charge in [0.2, 0.25) is 15.9 Å². The lowest BCUT2D eigenvalue weighted by molar-refractivity contribution is 0.366. The molecule has 7 heteroatoms. The Hall–Kier alpha value is -1.73. The van der Waals surface area contributed by atoms with Crippen molar-refractivity contribution in [2.75, 3.05) is 0 Å². The number of aromatic nitrogens is 2. The van der Waals surface area contributed by atoms with Crippen LogP contribution >= 0.6 is 0 Å². The normalized spacial score (nSPS) is 25.0. The fourth-order valence-corrected chi connectivity index (χ4v) is 4.83. The first kappa shape index (κ1) is 16.7. The number of sulfonamides is 1. The van der Waals surface area contributed by atoms with Crippen molar-refractivity contribution in [3.63, 3.8) is 0 Å². The van der Waals surface area contributed by atoms with E-state index in [9.17, 15) is 8.42 Å². The molecule has 6 nitrogen and oxygen atoms in total. The van der Waals surface area contributed by atoms with E-state index in [2.05, 4.69) is 14.9 Å². The zero-order valence-electron chi connectivity index (χ0n) is 14.5. The highest BCUT2D eigenvalue weighted by Crippen LogP contribution is 2.58. The van der Waals surface area contributed by atoms with Crippen LogP contribution in [0.3, 0.4) is 0 Å². The second kappa shape index (κ2) is 5.92. The maximum atomic E-state index is 12.6. The summed E-state index contributed by atoms with van der Waals surface area (Å²) in [5.41, 5.74) is -0.237. The summed E-state index contributed by atoms with van der Waals surface area (Å²) in [5, 5.41) is 4.10. The van der Waals surface area contributed by atoms with E-state index in [0.29, 0.717) is 11.7 Å². The monoisotopic (exact) mass is 361 g/mol. The van der Waals surface area contributed by atoms with Crippen molar-refractivity contribution >= 4 is 10.0 Å². The van der Waals surface area contributed by atoms with E-state index < -0.39 is 10.0 Å². The van der Waals surface area contributed by atoms with Crippen LogP contribution in [-0.4, -0.2) is 24.6 Å². The molecule has 4 rings (SSSR count). The maximum absolute atomic E-state index is 12.6. The fourth-order valence-electron chi connectivity index (χ4n) is 3.40. The number of nitrogens with zero attached hydrogens (tertiary/aromatic N) is 2. The Kier molecular flexibility index (Phi) is 3.96. The number of nitrogens with one attached hydrogen (secondary N) is 1. The van der Waals surface area contributed by atoms with Gasteiger partial charge in [-0.2, -0.15) is 4.98 Å². The summed E-state index contributed by atoms with van der Waals surface area (Å²) in [7, 11) is -3.55. The zero-order valence-corrected chi connectivity index (χ0v) is 15.3. The molecule has 0 amide bonds. The number of rotatable bonds is 7. The van der Waals surface area contributed by atoms with E-state index >= 15 is 0 Å². The predicted molar refractivity (Wildman–Crippen MR) is 92.4 cm³/mol. The highest BCUT2D eigenvalue weighted by atomic mass is 32.2. The van der Waals surface area contributed by atoms with Crippen molar-refractivity contribution in [3.05, 3.63) is 42.0 Å². The van der Waals surface area contributed by atoms with Gasteiger partial charge in [-0.25, -0.2) is 13.1 Å². The van der Waals surface area contributed by atoms with Gasteiger partial charge in [-0.3, -0.25) is 0 Å². The number of hydrogen-bond donors (Lipinski definition) is 1. The van der Waals surface area contributed by atoms with E-state index in [-0.39, 0.29) is 22.3 Å². The standard InChI is InChI=1S/C18H23N3O3S/c1-18(2)15(17-19-14(24-20-17)11-10-12-8-9-12)16(18)21-25(22,23)13-6-4-3-5-7-13/h3-7,12,15-16,21H,8-11H2,1-2H3/t15-,16-/m1/s1. The molecule has 2 aromatic rings. The van der Waals surface area contributed by atoms with Crippen LogP contribution in [0, 0.1) is 11.3 Å². The molecule has 0 saturated heterocycles. The summed E-state index contributed by atoms with van der Waals surface area (Å²) >= 11 is 0. The molecule has 1 N–H and O–H groups in total. The third kappa shape index (κ3) is 3.35. The van der Waals surface area contributed by atoms with Gasteiger partial charge in [0.05, 0.1) is 4.90 Å². The maximum Gasteiger partial charge on any atom is 0.240 e. The van der Waals surface area contributed by atoms with Gasteiger partial charge < -0.3 is 4.52 Å². The van der Waals surface area contributed by atoms with E-state index in [4.69, 9.17) is 4.52 Å². The first-order chi connectivity index (χ1) is 11.9. The largest absolute Gasteiger partial charge is 0.339 e. The highest BCUT2D eigenvalue weighted by molar-refractivity contribution is 7.89. The molecule has 2 saturated carbocycles. The first-order valence-electron chi connectivity index (χ1n) is 8.78. The van der Waals surface area contributed by atoms with E-state index in [1.165, 1.54) is 12.8 Å². The second-order valence-corrected chi connectivity index (χ2v) is 9.45. The van der Waals surface area contributed by atoms with Gasteiger partial charge in [-0.1, -0.05) is 50.0 Å². The minimum absolute atomic E-state index is 0.0654. The molecule has 2 atom stereocenters. The van der Waals surface area contributed by atoms with Crippen molar-refractivity contribution in [3.8, 4) is 0 Å². The molecule has 0 bridgehead atoms. The summed E-state index contributed by atoms with van der Waals surface area (Å²) in [6, 6.07) is 8.19. The molecule has 0 aliphatic heterocycles. The molecule has 1 heterocycles. The quantitative estimate of drug-likeness (QED) is 0.819. The summed E-state index contributed by atoms with van der Waals surface area (Å²) < 4.78 is 33.3. The van der Waals surface area contributed by atoms with Crippen LogP contribution < -0.4 is 4.72 Å². The fraction of sp³-hybridized carbons (Fsp3) is 0.556. The summed E-state index contributed by atoms with van der Waals surface area (Å²) in [6.45, 7) is 4.05. The number of aryl methyl sites for hydroxylation is 1. The van der Waals surface area contributed by atoms with Crippen molar-refractivity contribution in [2.24, 2.45) is 11.3 Å². The average Bonchev–Trinajstić information content (AvgIpc) is 3.44. The number of hydrogen-bond acceptors (Lipinski definition) is 5. The van der Waals surface area contributed by atoms with Crippen LogP contribution in [0.1, 0.15) is 50.7 Å². The topological polar surface area (TPSA) is 85.1 Å². The lowest BCUT2D eigenvalue weighted by Gasteiger charge is -2.07. The Bertz CT molecular complexity index is 857. The van der Waals surface area contributed by atoms with E-state index in [1.807, 2.05) is 13.8 Å². The molecule has 25 heavy (non-hydrogen) atoms. The summed E-state index contributed by atoms with van der Waals surface area (Å²) in [6.07, 6.45) is 4.52. The smallest absolute Gasteiger partial charge is 0.240 e. The van der Waals surface area contributed by atoms with Crippen LogP contribution in [-0.2, 0) is 16.4 Å². The Morgan fingerprint density at radius 1 is 1.24 bits per heavy atom. The van der Waals surface area contributed by atoms with Crippen LogP contribution in [0.2, 0.25) is 0 Å². The Labute approximate surface area is 148 Å². The highest BCUT2D eigenvalue weighted by Gasteiger charge is 2.62. The van der Waals surface area contributed by atoms with Gasteiger partial charge in [0, 0.05) is 18.4 Å². The molecular weight excluding hydrogens is 338 g/mol. The predicted octanol–water partition coefficient (Wildman–Crippen LogP) is 2.88. The lowest BCUT2D eigenvalue weighted by atomic mass is 10.1. The minimum Gasteiger partial charge on any atom is -0.339 e. The molecule has 1 aromatic heterocycles. The molecule has 2 fully saturated rings. The van der Waals surface area contributed by atoms with Gasteiger partial charge in [-0.05, 0) is 29.9 Å². The number of benzene rings is 1. The molecule has 2 aliphatic rings. The molecular formula is C18H23N3O3S. The van der Waals surface area contributed by atoms with E-state index in [1.54, 1.807) is 30.3 Å². The van der Waals surface area contributed by atoms with Crippen molar-refractivity contribution in [2.45, 2.75) is 56.4 Å². The summed E-state index contributed by atoms with van der Waals surface area (Å²) in [4.78, 5) is 4.78. The first-order valence-corrected chi connectivity index (χ1v) is 10.3. The molecule has 0 spiro atoms. The lowest BCUT2D eigenvalue weighted by Crippen LogP contribution is -2.29. The van der Waals surface area contributed by atoms with Crippen molar-refractivity contribution in [1.82, 2.24) is 14.9 Å². The van der Waals surface area contributed by atoms with E-state index in [0.717, 1.165) is 18.8 Å². The Morgan fingerprint density at radius 2 is 1.96 bits per heavy atom. The molecule has 0 radical (unpaired) electrons. The van der Waals surface area contributed by atoms with Crippen LogP contribution in [0.15, 0.2) is 39.8 Å². The van der Waals surface area contributed by atoms with Crippen LogP contribution in [0.5, 0.6) is 0 Å².